The highest BCUT2D eigenvalue weighted by molar-refractivity contribution is 5.75. The number of aromatic nitrogens is 2. The molecule has 1 amide bonds. The minimum atomic E-state index is -0.0166. The molecule has 2 heterocycles. The summed E-state index contributed by atoms with van der Waals surface area (Å²) in [5.74, 6) is -0.0166. The molecule has 6 heteroatoms. The largest absolute Gasteiger partial charge is 0.396 e. The van der Waals surface area contributed by atoms with Crippen LogP contribution in [0.3, 0.4) is 0 Å². The Labute approximate surface area is 107 Å². The van der Waals surface area contributed by atoms with Gasteiger partial charge < -0.3 is 16.0 Å². The second-order valence-corrected chi connectivity index (χ2v) is 4.91. The summed E-state index contributed by atoms with van der Waals surface area (Å²) >= 11 is 0. The van der Waals surface area contributed by atoms with Crippen LogP contribution in [0.4, 0.5) is 5.69 Å². The van der Waals surface area contributed by atoms with Gasteiger partial charge in [-0.2, -0.15) is 5.10 Å². The second kappa shape index (κ2) is 5.86. The van der Waals surface area contributed by atoms with E-state index in [1.807, 2.05) is 0 Å². The zero-order valence-corrected chi connectivity index (χ0v) is 10.8. The van der Waals surface area contributed by atoms with Crippen molar-refractivity contribution in [2.45, 2.75) is 31.8 Å². The molecule has 0 aromatic carbocycles. The van der Waals surface area contributed by atoms with Gasteiger partial charge in [-0.25, -0.2) is 0 Å². The van der Waals surface area contributed by atoms with Crippen LogP contribution < -0.4 is 11.1 Å². The van der Waals surface area contributed by atoms with Crippen LogP contribution in [0.15, 0.2) is 12.4 Å². The summed E-state index contributed by atoms with van der Waals surface area (Å²) in [6, 6.07) is 0.463. The number of carbonyl (C=O) groups excluding carboxylic acids is 1. The van der Waals surface area contributed by atoms with Crippen LogP contribution in [0.5, 0.6) is 0 Å². The van der Waals surface area contributed by atoms with E-state index in [1.54, 1.807) is 17.1 Å². The topological polar surface area (TPSA) is 76.2 Å². The van der Waals surface area contributed by atoms with Gasteiger partial charge in [-0.15, -0.1) is 0 Å². The van der Waals surface area contributed by atoms with Gasteiger partial charge in [0.25, 0.3) is 0 Å². The molecular weight excluding hydrogens is 230 g/mol. The highest BCUT2D eigenvalue weighted by Crippen LogP contribution is 2.13. The Hall–Kier alpha value is -1.56. The maximum atomic E-state index is 11.7. The quantitative estimate of drug-likeness (QED) is 0.793. The molecule has 1 unspecified atom stereocenters. The van der Waals surface area contributed by atoms with Crippen molar-refractivity contribution in [1.82, 2.24) is 20.0 Å². The Morgan fingerprint density at radius 2 is 2.44 bits per heavy atom. The predicted octanol–water partition coefficient (Wildman–Crippen LogP) is 0.0658. The third-order valence-corrected chi connectivity index (χ3v) is 3.42. The highest BCUT2D eigenvalue weighted by Gasteiger charge is 2.19. The molecule has 0 saturated carbocycles. The Balaban J connectivity index is 1.74. The number of nitrogens with zero attached hydrogens (tertiary/aromatic N) is 3. The SMILES string of the molecule is CN1CCCCC1CNC(=O)Cn1cc(N)cn1. The van der Waals surface area contributed by atoms with Crippen molar-refractivity contribution in [3.05, 3.63) is 12.4 Å². The summed E-state index contributed by atoms with van der Waals surface area (Å²) < 4.78 is 1.55. The molecule has 100 valence electrons. The van der Waals surface area contributed by atoms with Gasteiger partial charge in [-0.1, -0.05) is 6.42 Å². The lowest BCUT2D eigenvalue weighted by molar-refractivity contribution is -0.122. The van der Waals surface area contributed by atoms with Gasteiger partial charge in [0.15, 0.2) is 0 Å². The maximum absolute atomic E-state index is 11.7. The van der Waals surface area contributed by atoms with Gasteiger partial charge in [0.1, 0.15) is 6.54 Å². The molecule has 1 fully saturated rings. The van der Waals surface area contributed by atoms with Crippen molar-refractivity contribution in [3.8, 4) is 0 Å². The van der Waals surface area contributed by atoms with Gasteiger partial charge in [-0.3, -0.25) is 9.48 Å². The summed E-state index contributed by atoms with van der Waals surface area (Å²) in [5.41, 5.74) is 6.12. The van der Waals surface area contributed by atoms with Gasteiger partial charge in [0, 0.05) is 18.8 Å². The average molecular weight is 251 g/mol. The summed E-state index contributed by atoms with van der Waals surface area (Å²) in [6.45, 7) is 2.07. The summed E-state index contributed by atoms with van der Waals surface area (Å²) in [4.78, 5) is 14.1. The Morgan fingerprint density at radius 1 is 1.61 bits per heavy atom. The van der Waals surface area contributed by atoms with Gasteiger partial charge in [0.05, 0.1) is 11.9 Å². The van der Waals surface area contributed by atoms with E-state index in [1.165, 1.54) is 12.8 Å². The zero-order valence-electron chi connectivity index (χ0n) is 10.8. The first-order valence-electron chi connectivity index (χ1n) is 6.40. The van der Waals surface area contributed by atoms with Crippen LogP contribution in [0.25, 0.3) is 0 Å². The number of hydrogen-bond donors (Lipinski definition) is 2. The molecule has 2 rings (SSSR count). The molecule has 0 bridgehead atoms. The van der Waals surface area contributed by atoms with Crippen LogP contribution in [-0.4, -0.2) is 46.8 Å². The monoisotopic (exact) mass is 251 g/mol. The lowest BCUT2D eigenvalue weighted by Gasteiger charge is -2.32. The van der Waals surface area contributed by atoms with E-state index in [4.69, 9.17) is 5.73 Å². The standard InChI is InChI=1S/C12H21N5O/c1-16-5-3-2-4-11(16)7-14-12(18)9-17-8-10(13)6-15-17/h6,8,11H,2-5,7,9,13H2,1H3,(H,14,18). The Kier molecular flexibility index (Phi) is 4.19. The first-order valence-corrected chi connectivity index (χ1v) is 6.40. The fraction of sp³-hybridized carbons (Fsp3) is 0.667. The molecule has 0 aliphatic carbocycles. The van der Waals surface area contributed by atoms with Crippen LogP contribution in [0.1, 0.15) is 19.3 Å². The molecule has 1 aromatic heterocycles. The number of rotatable bonds is 4. The van der Waals surface area contributed by atoms with Crippen molar-refractivity contribution < 1.29 is 4.79 Å². The third-order valence-electron chi connectivity index (χ3n) is 3.42. The molecular formula is C12H21N5O. The lowest BCUT2D eigenvalue weighted by Crippen LogP contribution is -2.45. The van der Waals surface area contributed by atoms with E-state index in [0.29, 0.717) is 18.3 Å². The zero-order chi connectivity index (χ0) is 13.0. The smallest absolute Gasteiger partial charge is 0.241 e. The summed E-state index contributed by atoms with van der Waals surface area (Å²) in [5, 5.41) is 6.94. The van der Waals surface area contributed by atoms with Gasteiger partial charge in [0.2, 0.25) is 5.91 Å². The Bertz CT molecular complexity index is 403. The highest BCUT2D eigenvalue weighted by atomic mass is 16.2. The lowest BCUT2D eigenvalue weighted by atomic mass is 10.0. The number of likely N-dealkylation sites (N-methyl/N-ethyl adjacent to an activating group) is 1. The van der Waals surface area contributed by atoms with Crippen molar-refractivity contribution in [1.29, 1.82) is 0 Å². The first-order chi connectivity index (χ1) is 8.65. The molecule has 6 nitrogen and oxygen atoms in total. The van der Waals surface area contributed by atoms with Gasteiger partial charge in [-0.05, 0) is 26.4 Å². The number of hydrogen-bond acceptors (Lipinski definition) is 4. The van der Waals surface area contributed by atoms with E-state index in [0.717, 1.165) is 13.0 Å². The minimum absolute atomic E-state index is 0.0166. The summed E-state index contributed by atoms with van der Waals surface area (Å²) in [7, 11) is 2.12. The van der Waals surface area contributed by atoms with E-state index in [-0.39, 0.29) is 12.5 Å². The first kappa shape index (κ1) is 12.9. The van der Waals surface area contributed by atoms with Crippen molar-refractivity contribution >= 4 is 11.6 Å². The number of amides is 1. The fourth-order valence-corrected chi connectivity index (χ4v) is 2.30. The average Bonchev–Trinajstić information content (AvgIpc) is 2.74. The molecule has 1 atom stereocenters. The molecule has 1 aliphatic heterocycles. The molecule has 0 spiro atoms. The number of piperidine rings is 1. The van der Waals surface area contributed by atoms with E-state index < -0.39 is 0 Å². The number of carbonyl (C=O) groups is 1. The number of likely N-dealkylation sites (tertiary alicyclic amines) is 1. The van der Waals surface area contributed by atoms with E-state index in [9.17, 15) is 4.79 Å². The molecule has 1 aromatic rings. The fourth-order valence-electron chi connectivity index (χ4n) is 2.30. The molecule has 1 saturated heterocycles. The van der Waals surface area contributed by atoms with E-state index >= 15 is 0 Å². The van der Waals surface area contributed by atoms with Gasteiger partial charge >= 0.3 is 0 Å². The number of nitrogen functional groups attached to an aromatic ring is 1. The van der Waals surface area contributed by atoms with Crippen LogP contribution >= 0.6 is 0 Å². The van der Waals surface area contributed by atoms with E-state index in [2.05, 4.69) is 22.4 Å². The van der Waals surface area contributed by atoms with Crippen LogP contribution in [-0.2, 0) is 11.3 Å². The van der Waals surface area contributed by atoms with Crippen LogP contribution in [0.2, 0.25) is 0 Å². The number of nitrogens with one attached hydrogen (secondary N) is 1. The number of nitrogens with two attached hydrogens (primary N) is 1. The number of anilines is 1. The second-order valence-electron chi connectivity index (χ2n) is 4.91. The third kappa shape index (κ3) is 3.46. The van der Waals surface area contributed by atoms with Crippen LogP contribution in [0, 0.1) is 0 Å². The molecule has 18 heavy (non-hydrogen) atoms. The Morgan fingerprint density at radius 3 is 3.11 bits per heavy atom. The normalized spacial score (nSPS) is 20.8. The van der Waals surface area contributed by atoms with Crippen molar-refractivity contribution in [2.24, 2.45) is 0 Å². The summed E-state index contributed by atoms with van der Waals surface area (Å²) in [6.07, 6.45) is 6.87. The molecule has 3 N–H and O–H groups in total. The predicted molar refractivity (Wildman–Crippen MR) is 69.9 cm³/mol. The molecule has 1 aliphatic rings. The van der Waals surface area contributed by atoms with Crippen molar-refractivity contribution in [2.75, 3.05) is 25.9 Å². The minimum Gasteiger partial charge on any atom is -0.396 e. The molecule has 0 radical (unpaired) electrons. The maximum Gasteiger partial charge on any atom is 0.241 e. The van der Waals surface area contributed by atoms with Crippen molar-refractivity contribution in [3.63, 3.8) is 0 Å².